The quantitative estimate of drug-likeness (QED) is 0.524. The van der Waals surface area contributed by atoms with E-state index in [1.807, 2.05) is 74.5 Å². The number of hydrogen-bond acceptors (Lipinski definition) is 6. The van der Waals surface area contributed by atoms with Gasteiger partial charge in [-0.3, -0.25) is 0 Å². The van der Waals surface area contributed by atoms with Crippen molar-refractivity contribution >= 4 is 17.6 Å². The Bertz CT molecular complexity index is 1230. The summed E-state index contributed by atoms with van der Waals surface area (Å²) in [4.78, 5) is 30.7. The minimum Gasteiger partial charge on any atom is -0.463 e. The normalized spacial score (nSPS) is 14.9. The van der Waals surface area contributed by atoms with Crippen LogP contribution in [0.1, 0.15) is 44.2 Å². The monoisotopic (exact) mass is 444 g/mol. The zero-order chi connectivity index (χ0) is 23.4. The Hall–Kier alpha value is -3.87. The molecular formula is C26H28N4O3. The summed E-state index contributed by atoms with van der Waals surface area (Å²) in [6.45, 7) is 6.59. The van der Waals surface area contributed by atoms with E-state index in [1.165, 1.54) is 0 Å². The van der Waals surface area contributed by atoms with Gasteiger partial charge in [0, 0.05) is 17.8 Å². The lowest BCUT2D eigenvalue weighted by molar-refractivity contribution is -0.138. The van der Waals surface area contributed by atoms with Gasteiger partial charge in [-0.25, -0.2) is 14.2 Å². The van der Waals surface area contributed by atoms with Gasteiger partial charge in [0.05, 0.1) is 23.8 Å². The van der Waals surface area contributed by atoms with Crippen molar-refractivity contribution in [2.45, 2.75) is 33.1 Å². The zero-order valence-corrected chi connectivity index (χ0v) is 19.1. The number of anilines is 2. The van der Waals surface area contributed by atoms with Crippen molar-refractivity contribution in [2.75, 3.05) is 23.8 Å². The van der Waals surface area contributed by atoms with Crippen molar-refractivity contribution in [3.05, 3.63) is 93.5 Å². The van der Waals surface area contributed by atoms with E-state index in [0.717, 1.165) is 17.5 Å². The Morgan fingerprint density at radius 1 is 1.09 bits per heavy atom. The summed E-state index contributed by atoms with van der Waals surface area (Å²) in [5.74, 6) is 0.226. The summed E-state index contributed by atoms with van der Waals surface area (Å²) in [5.41, 5.74) is 3.11. The first-order valence-corrected chi connectivity index (χ1v) is 11.2. The number of esters is 1. The van der Waals surface area contributed by atoms with Gasteiger partial charge in [0.2, 0.25) is 0 Å². The summed E-state index contributed by atoms with van der Waals surface area (Å²) in [5, 5.41) is 6.64. The molecule has 2 aromatic carbocycles. The molecule has 2 N–H and O–H groups in total. The number of nitrogens with one attached hydrogen (secondary N) is 2. The molecular weight excluding hydrogens is 416 g/mol. The van der Waals surface area contributed by atoms with Crippen LogP contribution in [0.2, 0.25) is 0 Å². The van der Waals surface area contributed by atoms with Gasteiger partial charge in [-0.1, -0.05) is 55.5 Å². The molecule has 0 aliphatic carbocycles. The van der Waals surface area contributed by atoms with E-state index >= 15 is 0 Å². The summed E-state index contributed by atoms with van der Waals surface area (Å²) in [6, 6.07) is 19.2. The molecule has 0 radical (unpaired) electrons. The molecule has 7 nitrogen and oxygen atoms in total. The molecule has 0 bridgehead atoms. The van der Waals surface area contributed by atoms with Crippen LogP contribution in [0.4, 0.5) is 11.6 Å². The van der Waals surface area contributed by atoms with E-state index in [-0.39, 0.29) is 12.6 Å². The number of carbonyl (C=O) groups is 1. The van der Waals surface area contributed by atoms with Gasteiger partial charge < -0.3 is 15.4 Å². The van der Waals surface area contributed by atoms with Crippen molar-refractivity contribution in [3.63, 3.8) is 0 Å². The Labute approximate surface area is 193 Å². The van der Waals surface area contributed by atoms with Crippen LogP contribution in [0.15, 0.2) is 76.7 Å². The molecule has 0 fully saturated rings. The van der Waals surface area contributed by atoms with Crippen LogP contribution in [0.25, 0.3) is 5.69 Å². The lowest BCUT2D eigenvalue weighted by Crippen LogP contribution is -2.33. The zero-order valence-electron chi connectivity index (χ0n) is 19.1. The highest BCUT2D eigenvalue weighted by atomic mass is 16.5. The Morgan fingerprint density at radius 2 is 1.76 bits per heavy atom. The summed E-state index contributed by atoms with van der Waals surface area (Å²) in [7, 11) is 0. The van der Waals surface area contributed by atoms with E-state index in [9.17, 15) is 9.59 Å². The molecule has 0 spiro atoms. The SMILES string of the molecule is CCCNc1nc(=O)n(-c2ccccc2)c2c1C(c1ccccc1)C(C(=O)OCC)=C(C)N2. The highest BCUT2D eigenvalue weighted by Gasteiger charge is 2.37. The van der Waals surface area contributed by atoms with Crippen molar-refractivity contribution in [1.82, 2.24) is 9.55 Å². The second kappa shape index (κ2) is 9.73. The minimum atomic E-state index is -0.455. The van der Waals surface area contributed by atoms with Gasteiger partial charge in [-0.05, 0) is 38.0 Å². The number of ether oxygens (including phenoxy) is 1. The van der Waals surface area contributed by atoms with E-state index in [1.54, 1.807) is 11.5 Å². The van der Waals surface area contributed by atoms with Crippen molar-refractivity contribution < 1.29 is 9.53 Å². The molecule has 0 amide bonds. The topological polar surface area (TPSA) is 85.2 Å². The molecule has 170 valence electrons. The Balaban J connectivity index is 2.05. The minimum absolute atomic E-state index is 0.271. The van der Waals surface area contributed by atoms with Gasteiger partial charge in [-0.15, -0.1) is 0 Å². The second-order valence-electron chi connectivity index (χ2n) is 7.83. The van der Waals surface area contributed by atoms with Crippen LogP contribution in [-0.4, -0.2) is 28.7 Å². The van der Waals surface area contributed by atoms with Gasteiger partial charge in [-0.2, -0.15) is 4.98 Å². The smallest absolute Gasteiger partial charge is 0.355 e. The molecule has 4 rings (SSSR count). The van der Waals surface area contributed by atoms with Crippen molar-refractivity contribution in [2.24, 2.45) is 0 Å². The Morgan fingerprint density at radius 3 is 2.39 bits per heavy atom. The summed E-state index contributed by atoms with van der Waals surface area (Å²) < 4.78 is 7.00. The highest BCUT2D eigenvalue weighted by molar-refractivity contribution is 5.95. The van der Waals surface area contributed by atoms with Crippen LogP contribution >= 0.6 is 0 Å². The molecule has 1 atom stereocenters. The predicted molar refractivity (Wildman–Crippen MR) is 130 cm³/mol. The fraction of sp³-hybridized carbons (Fsp3) is 0.269. The van der Waals surface area contributed by atoms with Gasteiger partial charge >= 0.3 is 11.7 Å². The molecule has 1 aliphatic rings. The van der Waals surface area contributed by atoms with E-state index < -0.39 is 11.6 Å². The maximum Gasteiger partial charge on any atom is 0.355 e. The molecule has 1 aliphatic heterocycles. The first kappa shape index (κ1) is 22.3. The molecule has 33 heavy (non-hydrogen) atoms. The number of benzene rings is 2. The molecule has 2 heterocycles. The van der Waals surface area contributed by atoms with Crippen LogP contribution in [0, 0.1) is 0 Å². The van der Waals surface area contributed by atoms with Gasteiger partial charge in [0.25, 0.3) is 0 Å². The third-order valence-electron chi connectivity index (χ3n) is 5.60. The predicted octanol–water partition coefficient (Wildman–Crippen LogP) is 4.45. The highest BCUT2D eigenvalue weighted by Crippen LogP contribution is 2.45. The first-order chi connectivity index (χ1) is 16.1. The third kappa shape index (κ3) is 4.26. The number of fused-ring (bicyclic) bond motifs is 1. The van der Waals surface area contributed by atoms with Crippen LogP contribution in [0.5, 0.6) is 0 Å². The molecule has 1 unspecified atom stereocenters. The summed E-state index contributed by atoms with van der Waals surface area (Å²) >= 11 is 0. The Kier molecular flexibility index (Phi) is 6.58. The molecule has 3 aromatic rings. The van der Waals surface area contributed by atoms with Crippen LogP contribution < -0.4 is 16.3 Å². The second-order valence-corrected chi connectivity index (χ2v) is 7.83. The number of allylic oxidation sites excluding steroid dienone is 1. The average Bonchev–Trinajstić information content (AvgIpc) is 2.83. The first-order valence-electron chi connectivity index (χ1n) is 11.2. The van der Waals surface area contributed by atoms with Crippen LogP contribution in [-0.2, 0) is 9.53 Å². The largest absolute Gasteiger partial charge is 0.463 e. The van der Waals surface area contributed by atoms with Crippen molar-refractivity contribution in [1.29, 1.82) is 0 Å². The molecule has 0 saturated carbocycles. The van der Waals surface area contributed by atoms with Crippen LogP contribution in [0.3, 0.4) is 0 Å². The maximum atomic E-state index is 13.2. The number of nitrogens with zero attached hydrogens (tertiary/aromatic N) is 2. The standard InChI is InChI=1S/C26H28N4O3/c1-4-16-27-23-22-21(18-12-8-6-9-13-18)20(25(31)33-5-2)17(3)28-24(22)30(26(32)29-23)19-14-10-7-11-15-19/h6-15,21,28H,4-5,16H2,1-3H3,(H,27,29,32). The number of hydrogen-bond donors (Lipinski definition) is 2. The number of rotatable bonds is 7. The number of para-hydroxylation sites is 1. The third-order valence-corrected chi connectivity index (χ3v) is 5.60. The summed E-state index contributed by atoms with van der Waals surface area (Å²) in [6.07, 6.45) is 0.862. The molecule has 7 heteroatoms. The molecule has 0 saturated heterocycles. The maximum absolute atomic E-state index is 13.2. The average molecular weight is 445 g/mol. The molecule has 1 aromatic heterocycles. The van der Waals surface area contributed by atoms with E-state index in [0.29, 0.717) is 35.1 Å². The number of aromatic nitrogens is 2. The lowest BCUT2D eigenvalue weighted by Gasteiger charge is -2.33. The fourth-order valence-electron chi connectivity index (χ4n) is 4.19. The lowest BCUT2D eigenvalue weighted by atomic mass is 9.81. The fourth-order valence-corrected chi connectivity index (χ4v) is 4.19. The van der Waals surface area contributed by atoms with E-state index in [2.05, 4.69) is 15.6 Å². The van der Waals surface area contributed by atoms with Gasteiger partial charge in [0.1, 0.15) is 11.6 Å². The van der Waals surface area contributed by atoms with E-state index in [4.69, 9.17) is 4.74 Å². The number of carbonyl (C=O) groups excluding carboxylic acids is 1. The van der Waals surface area contributed by atoms with Gasteiger partial charge in [0.15, 0.2) is 0 Å². The van der Waals surface area contributed by atoms with Crippen molar-refractivity contribution in [3.8, 4) is 5.69 Å².